The van der Waals surface area contributed by atoms with Crippen molar-refractivity contribution in [1.29, 1.82) is 0 Å². The Bertz CT molecular complexity index is 735. The van der Waals surface area contributed by atoms with Crippen molar-refractivity contribution in [2.75, 3.05) is 0 Å². The summed E-state index contributed by atoms with van der Waals surface area (Å²) in [5, 5.41) is 3.66. The van der Waals surface area contributed by atoms with Crippen molar-refractivity contribution in [1.82, 2.24) is 5.32 Å². The maximum atomic E-state index is 12.1. The molecule has 1 N–H and O–H groups in total. The minimum absolute atomic E-state index is 0.0393. The molecule has 0 unspecified atom stereocenters. The average Bonchev–Trinajstić information content (AvgIpc) is 2.54. The summed E-state index contributed by atoms with van der Waals surface area (Å²) in [5.74, 6) is 0.946. The van der Waals surface area contributed by atoms with Gasteiger partial charge in [0.25, 0.3) is 0 Å². The maximum absolute atomic E-state index is 12.1. The second kappa shape index (κ2) is 7.12. The van der Waals surface area contributed by atoms with Crippen LogP contribution in [0.4, 0.5) is 0 Å². The van der Waals surface area contributed by atoms with E-state index in [0.717, 1.165) is 18.6 Å². The van der Waals surface area contributed by atoms with Gasteiger partial charge in [-0.15, -0.1) is 0 Å². The van der Waals surface area contributed by atoms with E-state index in [0.29, 0.717) is 11.3 Å². The zero-order valence-corrected chi connectivity index (χ0v) is 15.9. The minimum atomic E-state index is -0.360. The number of hydrogen-bond donors (Lipinski definition) is 1. The van der Waals surface area contributed by atoms with E-state index in [-0.39, 0.29) is 23.2 Å². The van der Waals surface area contributed by atoms with Crippen LogP contribution in [-0.2, 0) is 0 Å². The summed E-state index contributed by atoms with van der Waals surface area (Å²) in [7, 11) is 0. The largest absolute Gasteiger partial charge is 0.490 e. The van der Waals surface area contributed by atoms with Crippen molar-refractivity contribution in [2.45, 2.75) is 57.7 Å². The molecule has 0 bridgehead atoms. The number of benzene rings is 2. The van der Waals surface area contributed by atoms with Gasteiger partial charge in [0.2, 0.25) is 0 Å². The number of carbonyl (C=O) groups excluding carboxylic acids is 1. The Balaban J connectivity index is 1.62. The van der Waals surface area contributed by atoms with Gasteiger partial charge < -0.3 is 14.8 Å². The minimum Gasteiger partial charge on any atom is -0.490 e. The normalized spacial score (nSPS) is 18.9. The van der Waals surface area contributed by atoms with Gasteiger partial charge in [0.05, 0.1) is 5.56 Å². The third-order valence-electron chi connectivity index (χ3n) is 4.50. The first kappa shape index (κ1) is 18.5. The number of carbonyl (C=O) groups is 1. The molecule has 0 aromatic heterocycles. The van der Waals surface area contributed by atoms with E-state index in [2.05, 4.69) is 33.0 Å². The molecular weight excluding hydrogens is 326 g/mol. The summed E-state index contributed by atoms with van der Waals surface area (Å²) in [6.45, 7) is 8.82. The van der Waals surface area contributed by atoms with Crippen LogP contribution in [0.5, 0.6) is 11.5 Å². The molecule has 0 radical (unpaired) electrons. The Labute approximate surface area is 155 Å². The Hall–Kier alpha value is -2.33. The fourth-order valence-electron chi connectivity index (χ4n) is 3.83. The number of hydrogen-bond acceptors (Lipinski definition) is 4. The Morgan fingerprint density at radius 1 is 0.885 bits per heavy atom. The molecule has 0 saturated carbocycles. The third kappa shape index (κ3) is 4.85. The molecule has 0 amide bonds. The lowest BCUT2D eigenvalue weighted by molar-refractivity contribution is 0.0557. The Morgan fingerprint density at radius 3 is 2.00 bits per heavy atom. The van der Waals surface area contributed by atoms with Crippen molar-refractivity contribution < 1.29 is 14.3 Å². The van der Waals surface area contributed by atoms with Crippen LogP contribution >= 0.6 is 0 Å². The maximum Gasteiger partial charge on any atom is 0.343 e. The van der Waals surface area contributed by atoms with E-state index in [1.807, 2.05) is 30.3 Å². The molecule has 26 heavy (non-hydrogen) atoms. The van der Waals surface area contributed by atoms with Gasteiger partial charge in [-0.05, 0) is 64.1 Å². The first-order valence-electron chi connectivity index (χ1n) is 9.06. The number of rotatable bonds is 4. The standard InChI is InChI=1S/C22H27NO3/c1-21(2)14-19(15-22(3,4)23-21)25-17-10-12-18(13-11-17)26-20(24)16-8-6-5-7-9-16/h5-13,19,23H,14-15H2,1-4H3. The second-order valence-electron chi connectivity index (χ2n) is 8.27. The molecule has 0 atom stereocenters. The number of ether oxygens (including phenoxy) is 2. The van der Waals surface area contributed by atoms with Crippen molar-refractivity contribution in [3.63, 3.8) is 0 Å². The molecule has 2 aromatic rings. The van der Waals surface area contributed by atoms with Gasteiger partial charge in [-0.25, -0.2) is 4.79 Å². The molecule has 1 aliphatic rings. The van der Waals surface area contributed by atoms with Crippen LogP contribution in [-0.4, -0.2) is 23.2 Å². The average molecular weight is 353 g/mol. The van der Waals surface area contributed by atoms with Gasteiger partial charge in [-0.3, -0.25) is 0 Å². The van der Waals surface area contributed by atoms with E-state index >= 15 is 0 Å². The van der Waals surface area contributed by atoms with Crippen LogP contribution in [0.3, 0.4) is 0 Å². The van der Waals surface area contributed by atoms with Crippen molar-refractivity contribution in [3.05, 3.63) is 60.2 Å². The fraction of sp³-hybridized carbons (Fsp3) is 0.409. The van der Waals surface area contributed by atoms with Gasteiger partial charge in [0.15, 0.2) is 0 Å². The molecule has 4 nitrogen and oxygen atoms in total. The quantitative estimate of drug-likeness (QED) is 0.645. The van der Waals surface area contributed by atoms with Crippen LogP contribution in [0, 0.1) is 0 Å². The van der Waals surface area contributed by atoms with Gasteiger partial charge in [-0.1, -0.05) is 18.2 Å². The van der Waals surface area contributed by atoms with E-state index in [9.17, 15) is 4.79 Å². The first-order valence-corrected chi connectivity index (χ1v) is 9.06. The molecule has 0 spiro atoms. The predicted molar refractivity (Wildman–Crippen MR) is 103 cm³/mol. The van der Waals surface area contributed by atoms with Crippen LogP contribution in [0.1, 0.15) is 50.9 Å². The molecule has 1 aliphatic heterocycles. The van der Waals surface area contributed by atoms with Crippen LogP contribution in [0.2, 0.25) is 0 Å². The van der Waals surface area contributed by atoms with E-state index in [1.165, 1.54) is 0 Å². The smallest absolute Gasteiger partial charge is 0.343 e. The zero-order chi connectivity index (χ0) is 18.8. The molecular formula is C22H27NO3. The van der Waals surface area contributed by atoms with E-state index in [1.54, 1.807) is 24.3 Å². The molecule has 1 saturated heterocycles. The van der Waals surface area contributed by atoms with Gasteiger partial charge >= 0.3 is 5.97 Å². The Morgan fingerprint density at radius 2 is 1.42 bits per heavy atom. The van der Waals surface area contributed by atoms with Crippen LogP contribution in [0.15, 0.2) is 54.6 Å². The summed E-state index contributed by atoms with van der Waals surface area (Å²) in [5.41, 5.74) is 0.613. The fourth-order valence-corrected chi connectivity index (χ4v) is 3.83. The van der Waals surface area contributed by atoms with Gasteiger partial charge in [-0.2, -0.15) is 0 Å². The first-order chi connectivity index (χ1) is 12.2. The highest BCUT2D eigenvalue weighted by Crippen LogP contribution is 2.31. The summed E-state index contributed by atoms with van der Waals surface area (Å²) >= 11 is 0. The molecule has 1 fully saturated rings. The lowest BCUT2D eigenvalue weighted by Gasteiger charge is -2.46. The molecule has 1 heterocycles. The van der Waals surface area contributed by atoms with Gasteiger partial charge in [0.1, 0.15) is 17.6 Å². The molecule has 138 valence electrons. The summed E-state index contributed by atoms with van der Waals surface area (Å²) < 4.78 is 11.6. The predicted octanol–water partition coefficient (Wildman–Crippen LogP) is 4.59. The third-order valence-corrected chi connectivity index (χ3v) is 4.50. The van der Waals surface area contributed by atoms with Crippen molar-refractivity contribution in [2.24, 2.45) is 0 Å². The summed E-state index contributed by atoms with van der Waals surface area (Å²) in [4.78, 5) is 12.1. The summed E-state index contributed by atoms with van der Waals surface area (Å²) in [6.07, 6.45) is 2.04. The molecule has 3 rings (SSSR count). The molecule has 4 heteroatoms. The van der Waals surface area contributed by atoms with E-state index < -0.39 is 0 Å². The monoisotopic (exact) mass is 353 g/mol. The topological polar surface area (TPSA) is 47.6 Å². The Kier molecular flexibility index (Phi) is 5.05. The molecule has 2 aromatic carbocycles. The highest BCUT2D eigenvalue weighted by atomic mass is 16.5. The lowest BCUT2D eigenvalue weighted by Crippen LogP contribution is -2.60. The SMILES string of the molecule is CC1(C)CC(Oc2ccc(OC(=O)c3ccccc3)cc2)CC(C)(C)N1. The number of piperidine rings is 1. The highest BCUT2D eigenvalue weighted by Gasteiger charge is 2.38. The van der Waals surface area contributed by atoms with Gasteiger partial charge in [0, 0.05) is 23.9 Å². The number of esters is 1. The lowest BCUT2D eigenvalue weighted by atomic mass is 9.81. The highest BCUT2D eigenvalue weighted by molar-refractivity contribution is 5.90. The van der Waals surface area contributed by atoms with Crippen LogP contribution < -0.4 is 14.8 Å². The summed E-state index contributed by atoms with van der Waals surface area (Å²) in [6, 6.07) is 16.2. The second-order valence-corrected chi connectivity index (χ2v) is 8.27. The molecule has 0 aliphatic carbocycles. The number of nitrogens with one attached hydrogen (secondary N) is 1. The van der Waals surface area contributed by atoms with E-state index in [4.69, 9.17) is 9.47 Å². The van der Waals surface area contributed by atoms with Crippen molar-refractivity contribution >= 4 is 5.97 Å². The van der Waals surface area contributed by atoms with Crippen molar-refractivity contribution in [3.8, 4) is 11.5 Å². The zero-order valence-electron chi connectivity index (χ0n) is 15.9. The van der Waals surface area contributed by atoms with Crippen LogP contribution in [0.25, 0.3) is 0 Å².